The van der Waals surface area contributed by atoms with E-state index in [1.54, 1.807) is 12.1 Å². The number of nitrogen functional groups attached to an aromatic ring is 1. The van der Waals surface area contributed by atoms with E-state index in [0.29, 0.717) is 17.4 Å². The van der Waals surface area contributed by atoms with E-state index in [0.717, 1.165) is 19.5 Å². The predicted octanol–water partition coefficient (Wildman–Crippen LogP) is 1.52. The van der Waals surface area contributed by atoms with Crippen LogP contribution in [0.4, 0.5) is 15.8 Å². The maximum Gasteiger partial charge on any atom is 0.148 e. The summed E-state index contributed by atoms with van der Waals surface area (Å²) in [5.74, 6) is -0.274. The number of nitrogens with two attached hydrogens (primary N) is 1. The van der Waals surface area contributed by atoms with Gasteiger partial charge in [-0.3, -0.25) is 0 Å². The number of halogens is 1. The fraction of sp³-hybridized carbons (Fsp3) is 0.455. The van der Waals surface area contributed by atoms with Crippen LogP contribution in [0.15, 0.2) is 18.2 Å². The highest BCUT2D eigenvalue weighted by Gasteiger charge is 2.19. The van der Waals surface area contributed by atoms with Gasteiger partial charge in [0.1, 0.15) is 5.82 Å². The molecule has 3 nitrogen and oxygen atoms in total. The van der Waals surface area contributed by atoms with Crippen LogP contribution in [0.3, 0.4) is 0 Å². The van der Waals surface area contributed by atoms with Gasteiger partial charge in [0.05, 0.1) is 5.69 Å². The van der Waals surface area contributed by atoms with Crippen molar-refractivity contribution < 1.29 is 4.39 Å². The monoisotopic (exact) mass is 209 g/mol. The van der Waals surface area contributed by atoms with Crippen LogP contribution in [-0.2, 0) is 0 Å². The zero-order valence-electron chi connectivity index (χ0n) is 8.83. The average molecular weight is 209 g/mol. The Bertz CT molecular complexity index is 354. The molecular formula is C11H16FN3. The van der Waals surface area contributed by atoms with Crippen LogP contribution < -0.4 is 11.1 Å². The summed E-state index contributed by atoms with van der Waals surface area (Å²) in [4.78, 5) is 2.23. The first kappa shape index (κ1) is 10.2. The first-order valence-electron chi connectivity index (χ1n) is 5.15. The van der Waals surface area contributed by atoms with Gasteiger partial charge >= 0.3 is 0 Å². The van der Waals surface area contributed by atoms with Gasteiger partial charge in [0.2, 0.25) is 0 Å². The molecule has 1 atom stereocenters. The Morgan fingerprint density at radius 2 is 2.33 bits per heavy atom. The number of hydrogen-bond acceptors (Lipinski definition) is 3. The molecule has 82 valence electrons. The number of benzene rings is 1. The molecule has 4 heteroatoms. The van der Waals surface area contributed by atoms with Crippen molar-refractivity contribution in [3.8, 4) is 0 Å². The van der Waals surface area contributed by atoms with Crippen LogP contribution in [0, 0.1) is 5.82 Å². The zero-order valence-corrected chi connectivity index (χ0v) is 8.83. The molecule has 0 radical (unpaired) electrons. The van der Waals surface area contributed by atoms with Crippen molar-refractivity contribution in [2.24, 2.45) is 0 Å². The fourth-order valence-electron chi connectivity index (χ4n) is 1.92. The molecule has 1 aromatic carbocycles. The molecule has 1 aromatic rings. The van der Waals surface area contributed by atoms with Gasteiger partial charge < -0.3 is 16.0 Å². The van der Waals surface area contributed by atoms with Crippen molar-refractivity contribution in [3.05, 3.63) is 24.0 Å². The third-order valence-corrected chi connectivity index (χ3v) is 2.74. The predicted molar refractivity (Wildman–Crippen MR) is 60.3 cm³/mol. The van der Waals surface area contributed by atoms with Gasteiger partial charge in [0.25, 0.3) is 0 Å². The van der Waals surface area contributed by atoms with E-state index >= 15 is 0 Å². The summed E-state index contributed by atoms with van der Waals surface area (Å²) in [5.41, 5.74) is 6.49. The molecule has 1 aliphatic rings. The van der Waals surface area contributed by atoms with Crippen molar-refractivity contribution in [3.63, 3.8) is 0 Å². The third-order valence-electron chi connectivity index (χ3n) is 2.74. The second kappa shape index (κ2) is 4.06. The van der Waals surface area contributed by atoms with E-state index < -0.39 is 0 Å². The summed E-state index contributed by atoms with van der Waals surface area (Å²) in [6.07, 6.45) is 1.06. The number of anilines is 2. The Labute approximate surface area is 89.1 Å². The molecule has 1 unspecified atom stereocenters. The quantitative estimate of drug-likeness (QED) is 0.726. The third kappa shape index (κ3) is 2.39. The fourth-order valence-corrected chi connectivity index (χ4v) is 1.92. The Morgan fingerprint density at radius 1 is 1.53 bits per heavy atom. The van der Waals surface area contributed by atoms with Gasteiger partial charge in [0, 0.05) is 18.3 Å². The Hall–Kier alpha value is -1.29. The molecule has 0 saturated carbocycles. The molecule has 1 heterocycles. The van der Waals surface area contributed by atoms with Gasteiger partial charge in [0.15, 0.2) is 0 Å². The van der Waals surface area contributed by atoms with Gasteiger partial charge in [-0.15, -0.1) is 0 Å². The standard InChI is InChI=1S/C11H16FN3/c1-15-5-4-9(7-15)14-11-3-2-8(13)6-10(11)12/h2-3,6,9,14H,4-5,7,13H2,1H3. The molecule has 0 bridgehead atoms. The SMILES string of the molecule is CN1CCC(Nc2ccc(N)cc2F)C1. The lowest BCUT2D eigenvalue weighted by Gasteiger charge is -2.14. The maximum atomic E-state index is 13.4. The minimum absolute atomic E-state index is 0.274. The van der Waals surface area contributed by atoms with Crippen molar-refractivity contribution in [1.29, 1.82) is 0 Å². The Balaban J connectivity index is 2.04. The number of nitrogens with one attached hydrogen (secondary N) is 1. The topological polar surface area (TPSA) is 41.3 Å². The molecule has 0 aromatic heterocycles. The smallest absolute Gasteiger partial charge is 0.148 e. The number of nitrogens with zero attached hydrogens (tertiary/aromatic N) is 1. The molecule has 15 heavy (non-hydrogen) atoms. The van der Waals surface area contributed by atoms with E-state index in [1.807, 2.05) is 0 Å². The van der Waals surface area contributed by atoms with Crippen LogP contribution in [-0.4, -0.2) is 31.1 Å². The molecule has 2 rings (SSSR count). The van der Waals surface area contributed by atoms with Crippen LogP contribution >= 0.6 is 0 Å². The minimum Gasteiger partial charge on any atom is -0.399 e. The van der Waals surface area contributed by atoms with Crippen LogP contribution in [0.25, 0.3) is 0 Å². The van der Waals surface area contributed by atoms with E-state index in [2.05, 4.69) is 17.3 Å². The molecule has 0 amide bonds. The summed E-state index contributed by atoms with van der Waals surface area (Å²) in [5, 5.41) is 3.19. The van der Waals surface area contributed by atoms with Crippen molar-refractivity contribution in [2.45, 2.75) is 12.5 Å². The second-order valence-corrected chi connectivity index (χ2v) is 4.13. The minimum atomic E-state index is -0.274. The highest BCUT2D eigenvalue weighted by atomic mass is 19.1. The first-order chi connectivity index (χ1) is 7.15. The molecule has 0 aliphatic carbocycles. The maximum absolute atomic E-state index is 13.4. The number of likely N-dealkylation sites (N-methyl/N-ethyl adjacent to an activating group) is 1. The average Bonchev–Trinajstić information content (AvgIpc) is 2.56. The molecule has 0 spiro atoms. The van der Waals surface area contributed by atoms with E-state index in [1.165, 1.54) is 6.07 Å². The number of likely N-dealkylation sites (tertiary alicyclic amines) is 1. The zero-order chi connectivity index (χ0) is 10.8. The van der Waals surface area contributed by atoms with Crippen LogP contribution in [0.2, 0.25) is 0 Å². The molecule has 3 N–H and O–H groups in total. The molecule has 1 fully saturated rings. The summed E-state index contributed by atoms with van der Waals surface area (Å²) in [6, 6.07) is 5.10. The van der Waals surface area contributed by atoms with Crippen LogP contribution in [0.5, 0.6) is 0 Å². The van der Waals surface area contributed by atoms with Crippen molar-refractivity contribution in [2.75, 3.05) is 31.2 Å². The summed E-state index contributed by atoms with van der Waals surface area (Å²) < 4.78 is 13.4. The normalized spacial score (nSPS) is 21.9. The Morgan fingerprint density at radius 3 is 2.93 bits per heavy atom. The molecule has 1 saturated heterocycles. The lowest BCUT2D eigenvalue weighted by atomic mass is 10.2. The van der Waals surface area contributed by atoms with Gasteiger partial charge in [-0.1, -0.05) is 0 Å². The van der Waals surface area contributed by atoms with Gasteiger partial charge in [-0.25, -0.2) is 4.39 Å². The lowest BCUT2D eigenvalue weighted by molar-refractivity contribution is 0.414. The highest BCUT2D eigenvalue weighted by Crippen LogP contribution is 2.20. The van der Waals surface area contributed by atoms with E-state index in [-0.39, 0.29) is 5.82 Å². The molecular weight excluding hydrogens is 193 g/mol. The van der Waals surface area contributed by atoms with Crippen molar-refractivity contribution in [1.82, 2.24) is 4.90 Å². The van der Waals surface area contributed by atoms with Gasteiger partial charge in [-0.2, -0.15) is 0 Å². The Kier molecular flexibility index (Phi) is 2.77. The second-order valence-electron chi connectivity index (χ2n) is 4.13. The lowest BCUT2D eigenvalue weighted by Crippen LogP contribution is -2.23. The number of hydrogen-bond donors (Lipinski definition) is 2. The number of rotatable bonds is 2. The van der Waals surface area contributed by atoms with Gasteiger partial charge in [-0.05, 0) is 38.2 Å². The highest BCUT2D eigenvalue weighted by molar-refractivity contribution is 5.53. The first-order valence-corrected chi connectivity index (χ1v) is 5.15. The van der Waals surface area contributed by atoms with Crippen LogP contribution in [0.1, 0.15) is 6.42 Å². The molecule has 1 aliphatic heterocycles. The summed E-state index contributed by atoms with van der Waals surface area (Å²) in [7, 11) is 2.07. The summed E-state index contributed by atoms with van der Waals surface area (Å²) >= 11 is 0. The summed E-state index contributed by atoms with van der Waals surface area (Å²) in [6.45, 7) is 2.03. The van der Waals surface area contributed by atoms with E-state index in [4.69, 9.17) is 5.73 Å². The largest absolute Gasteiger partial charge is 0.399 e. The van der Waals surface area contributed by atoms with E-state index in [9.17, 15) is 4.39 Å². The van der Waals surface area contributed by atoms with Crippen molar-refractivity contribution >= 4 is 11.4 Å².